The van der Waals surface area contributed by atoms with Crippen LogP contribution >= 0.6 is 0 Å². The molecule has 1 aliphatic rings. The smallest absolute Gasteiger partial charge is 0.246 e. The molecule has 0 aromatic heterocycles. The summed E-state index contributed by atoms with van der Waals surface area (Å²) in [6, 6.07) is 14.1. The number of ether oxygens (including phenoxy) is 2. The average molecular weight is 351 g/mol. The Labute approximate surface area is 155 Å². The van der Waals surface area contributed by atoms with Crippen LogP contribution < -0.4 is 9.47 Å². The summed E-state index contributed by atoms with van der Waals surface area (Å²) in [5.74, 6) is 2.00. The van der Waals surface area contributed by atoms with Gasteiger partial charge in [-0.15, -0.1) is 0 Å². The molecule has 2 aromatic rings. The first kappa shape index (κ1) is 18.1. The number of amides is 1. The average Bonchev–Trinajstić information content (AvgIpc) is 3.12. The lowest BCUT2D eigenvalue weighted by atomic mass is 10.0. The second-order valence-corrected chi connectivity index (χ2v) is 6.69. The summed E-state index contributed by atoms with van der Waals surface area (Å²) in [5.41, 5.74) is 3.35. The largest absolute Gasteiger partial charge is 0.454 e. The normalized spacial score (nSPS) is 12.8. The number of carbonyl (C=O) groups is 1. The molecule has 2 aromatic carbocycles. The van der Waals surface area contributed by atoms with Crippen molar-refractivity contribution in [2.24, 2.45) is 0 Å². The number of fused-ring (bicyclic) bond motifs is 1. The Morgan fingerprint density at radius 3 is 2.54 bits per heavy atom. The van der Waals surface area contributed by atoms with Gasteiger partial charge in [0.15, 0.2) is 11.5 Å². The van der Waals surface area contributed by atoms with Crippen molar-refractivity contribution in [1.29, 1.82) is 0 Å². The molecule has 0 aliphatic carbocycles. The molecule has 0 N–H and O–H groups in total. The van der Waals surface area contributed by atoms with Crippen molar-refractivity contribution in [3.8, 4) is 11.5 Å². The molecule has 1 heterocycles. The van der Waals surface area contributed by atoms with Crippen LogP contribution in [0.5, 0.6) is 11.5 Å². The van der Waals surface area contributed by atoms with Crippen molar-refractivity contribution in [1.82, 2.24) is 4.90 Å². The quantitative estimate of drug-likeness (QED) is 0.714. The fourth-order valence-electron chi connectivity index (χ4n) is 2.87. The highest BCUT2D eigenvalue weighted by atomic mass is 16.7. The monoisotopic (exact) mass is 351 g/mol. The fourth-order valence-corrected chi connectivity index (χ4v) is 2.87. The Morgan fingerprint density at radius 1 is 1.12 bits per heavy atom. The predicted molar refractivity (Wildman–Crippen MR) is 103 cm³/mol. The number of carbonyl (C=O) groups excluding carboxylic acids is 1. The third-order valence-corrected chi connectivity index (χ3v) is 4.53. The second kappa shape index (κ2) is 8.09. The lowest BCUT2D eigenvalue weighted by Crippen LogP contribution is -2.28. The third kappa shape index (κ3) is 4.26. The van der Waals surface area contributed by atoms with E-state index in [2.05, 4.69) is 26.0 Å². The number of benzene rings is 2. The molecule has 136 valence electrons. The molecular weight excluding hydrogens is 326 g/mol. The van der Waals surface area contributed by atoms with Gasteiger partial charge in [-0.25, -0.2) is 0 Å². The molecule has 3 rings (SSSR count). The molecule has 0 radical (unpaired) electrons. The van der Waals surface area contributed by atoms with Gasteiger partial charge in [-0.2, -0.15) is 0 Å². The highest BCUT2D eigenvalue weighted by Crippen LogP contribution is 2.32. The van der Waals surface area contributed by atoms with E-state index in [0.29, 0.717) is 19.0 Å². The highest BCUT2D eigenvalue weighted by molar-refractivity contribution is 5.91. The van der Waals surface area contributed by atoms with Gasteiger partial charge in [0.2, 0.25) is 12.7 Å². The van der Waals surface area contributed by atoms with E-state index in [0.717, 1.165) is 22.6 Å². The van der Waals surface area contributed by atoms with Crippen LogP contribution in [0, 0.1) is 0 Å². The van der Waals surface area contributed by atoms with Gasteiger partial charge in [-0.1, -0.05) is 44.2 Å². The summed E-state index contributed by atoms with van der Waals surface area (Å²) in [5, 5.41) is 0. The van der Waals surface area contributed by atoms with Crippen molar-refractivity contribution < 1.29 is 14.3 Å². The molecule has 26 heavy (non-hydrogen) atoms. The van der Waals surface area contributed by atoms with Gasteiger partial charge in [0.1, 0.15) is 0 Å². The molecule has 1 amide bonds. The van der Waals surface area contributed by atoms with Gasteiger partial charge in [0.05, 0.1) is 0 Å². The van der Waals surface area contributed by atoms with E-state index >= 15 is 0 Å². The Balaban J connectivity index is 1.64. The first-order chi connectivity index (χ1) is 12.6. The Kier molecular flexibility index (Phi) is 5.61. The van der Waals surface area contributed by atoms with Gasteiger partial charge in [-0.3, -0.25) is 4.79 Å². The van der Waals surface area contributed by atoms with Crippen LogP contribution in [-0.2, 0) is 11.3 Å². The molecule has 0 atom stereocenters. The molecule has 0 unspecified atom stereocenters. The topological polar surface area (TPSA) is 38.8 Å². The SMILES string of the molecule is CCN(Cc1ccc2c(c1)OCO2)C(=O)/C=C/c1ccc(C(C)C)cc1. The van der Waals surface area contributed by atoms with Crippen molar-refractivity contribution in [2.75, 3.05) is 13.3 Å². The van der Waals surface area contributed by atoms with E-state index in [9.17, 15) is 4.79 Å². The predicted octanol–water partition coefficient (Wildman–Crippen LogP) is 4.60. The van der Waals surface area contributed by atoms with Crippen LogP contribution in [0.1, 0.15) is 43.4 Å². The van der Waals surface area contributed by atoms with E-state index in [1.54, 1.807) is 11.0 Å². The minimum Gasteiger partial charge on any atom is -0.454 e. The Morgan fingerprint density at radius 2 is 1.85 bits per heavy atom. The highest BCUT2D eigenvalue weighted by Gasteiger charge is 2.15. The number of likely N-dealkylation sites (N-methyl/N-ethyl adjacent to an activating group) is 1. The van der Waals surface area contributed by atoms with E-state index in [4.69, 9.17) is 9.47 Å². The van der Waals surface area contributed by atoms with Crippen LogP contribution in [0.4, 0.5) is 0 Å². The number of nitrogens with zero attached hydrogens (tertiary/aromatic N) is 1. The molecule has 0 fully saturated rings. The standard InChI is InChI=1S/C22H25NO3/c1-4-23(14-18-7-11-20-21(13-18)26-15-25-20)22(24)12-8-17-5-9-19(10-6-17)16(2)3/h5-13,16H,4,14-15H2,1-3H3/b12-8+. The minimum absolute atomic E-state index is 0.00176. The third-order valence-electron chi connectivity index (χ3n) is 4.53. The molecule has 0 spiro atoms. The van der Waals surface area contributed by atoms with Gasteiger partial charge in [0, 0.05) is 19.2 Å². The molecule has 0 saturated carbocycles. The molecule has 0 saturated heterocycles. The second-order valence-electron chi connectivity index (χ2n) is 6.69. The van der Waals surface area contributed by atoms with Crippen molar-refractivity contribution in [3.63, 3.8) is 0 Å². The Hall–Kier alpha value is -2.75. The molecule has 0 bridgehead atoms. The summed E-state index contributed by atoms with van der Waals surface area (Å²) in [6.45, 7) is 7.77. The van der Waals surface area contributed by atoms with E-state index in [1.165, 1.54) is 5.56 Å². The van der Waals surface area contributed by atoms with Crippen LogP contribution in [0.2, 0.25) is 0 Å². The van der Waals surface area contributed by atoms with Gasteiger partial charge in [-0.05, 0) is 47.7 Å². The number of hydrogen-bond donors (Lipinski definition) is 0. The molecule has 4 heteroatoms. The summed E-state index contributed by atoms with van der Waals surface area (Å²) in [4.78, 5) is 14.3. The maximum absolute atomic E-state index is 12.5. The van der Waals surface area contributed by atoms with Gasteiger partial charge in [0.25, 0.3) is 0 Å². The zero-order valence-corrected chi connectivity index (χ0v) is 15.6. The lowest BCUT2D eigenvalue weighted by molar-refractivity contribution is -0.126. The molecule has 1 aliphatic heterocycles. The zero-order valence-electron chi connectivity index (χ0n) is 15.6. The van der Waals surface area contributed by atoms with E-state index in [1.807, 2.05) is 43.3 Å². The van der Waals surface area contributed by atoms with Crippen molar-refractivity contribution in [3.05, 3.63) is 65.2 Å². The lowest BCUT2D eigenvalue weighted by Gasteiger charge is -2.19. The number of rotatable bonds is 6. The number of hydrogen-bond acceptors (Lipinski definition) is 3. The first-order valence-electron chi connectivity index (χ1n) is 9.02. The summed E-state index contributed by atoms with van der Waals surface area (Å²) in [6.07, 6.45) is 3.51. The van der Waals surface area contributed by atoms with Crippen molar-refractivity contribution >= 4 is 12.0 Å². The summed E-state index contributed by atoms with van der Waals surface area (Å²) < 4.78 is 10.7. The van der Waals surface area contributed by atoms with Crippen LogP contribution in [0.15, 0.2) is 48.5 Å². The summed E-state index contributed by atoms with van der Waals surface area (Å²) in [7, 11) is 0. The first-order valence-corrected chi connectivity index (χ1v) is 9.02. The zero-order chi connectivity index (χ0) is 18.5. The maximum Gasteiger partial charge on any atom is 0.246 e. The van der Waals surface area contributed by atoms with Crippen LogP contribution in [-0.4, -0.2) is 24.1 Å². The van der Waals surface area contributed by atoms with Crippen LogP contribution in [0.3, 0.4) is 0 Å². The van der Waals surface area contributed by atoms with Gasteiger partial charge < -0.3 is 14.4 Å². The summed E-state index contributed by atoms with van der Waals surface area (Å²) >= 11 is 0. The molecule has 4 nitrogen and oxygen atoms in total. The molecular formula is C22H25NO3. The van der Waals surface area contributed by atoms with E-state index in [-0.39, 0.29) is 12.7 Å². The van der Waals surface area contributed by atoms with Crippen LogP contribution in [0.25, 0.3) is 6.08 Å². The minimum atomic E-state index is -0.00176. The van der Waals surface area contributed by atoms with E-state index < -0.39 is 0 Å². The Bertz CT molecular complexity index is 794. The fraction of sp³-hybridized carbons (Fsp3) is 0.318. The maximum atomic E-state index is 12.5. The van der Waals surface area contributed by atoms with Gasteiger partial charge >= 0.3 is 0 Å². The van der Waals surface area contributed by atoms with Crippen molar-refractivity contribution in [2.45, 2.75) is 33.2 Å².